The van der Waals surface area contributed by atoms with Crippen LogP contribution in [0.5, 0.6) is 11.5 Å². The average molecular weight is 460 g/mol. The van der Waals surface area contributed by atoms with Crippen LogP contribution < -0.4 is 9.47 Å². The van der Waals surface area contributed by atoms with Crippen LogP contribution in [0.25, 0.3) is 0 Å². The fourth-order valence-electron chi connectivity index (χ4n) is 4.21. The molecule has 2 aromatic carbocycles. The lowest BCUT2D eigenvalue weighted by Gasteiger charge is -2.40. The number of fused-ring (bicyclic) bond motifs is 1. The normalized spacial score (nSPS) is 17.6. The van der Waals surface area contributed by atoms with Crippen LogP contribution in [0.2, 0.25) is 0 Å². The van der Waals surface area contributed by atoms with Gasteiger partial charge in [0.2, 0.25) is 5.91 Å². The highest BCUT2D eigenvalue weighted by Crippen LogP contribution is 2.39. The van der Waals surface area contributed by atoms with Crippen LogP contribution in [-0.4, -0.2) is 43.8 Å². The van der Waals surface area contributed by atoms with E-state index in [0.717, 1.165) is 27.1 Å². The van der Waals surface area contributed by atoms with Gasteiger partial charge >= 0.3 is 0 Å². The number of rotatable bonds is 5. The van der Waals surface area contributed by atoms with E-state index in [9.17, 15) is 4.79 Å². The molecule has 1 amide bonds. The van der Waals surface area contributed by atoms with E-state index >= 15 is 0 Å². The topological polar surface area (TPSA) is 48.0 Å². The Bertz CT molecular complexity index is 862. The zero-order valence-electron chi connectivity index (χ0n) is 16.7. The summed E-state index contributed by atoms with van der Waals surface area (Å²) in [6.45, 7) is 5.43. The maximum Gasteiger partial charge on any atom is 0.233 e. The molecule has 0 atom stereocenters. The van der Waals surface area contributed by atoms with E-state index in [1.165, 1.54) is 0 Å². The Kier molecular flexibility index (Phi) is 6.11. The number of hydrogen-bond acceptors (Lipinski definition) is 4. The van der Waals surface area contributed by atoms with Gasteiger partial charge in [0.15, 0.2) is 11.5 Å². The lowest BCUT2D eigenvalue weighted by atomic mass is 9.73. The van der Waals surface area contributed by atoms with Crippen molar-refractivity contribution < 1.29 is 19.0 Å². The van der Waals surface area contributed by atoms with Gasteiger partial charge in [-0.1, -0.05) is 40.2 Å². The number of likely N-dealkylation sites (N-methyl/N-ethyl adjacent to an activating group) is 1. The monoisotopic (exact) mass is 459 g/mol. The summed E-state index contributed by atoms with van der Waals surface area (Å²) in [5.41, 5.74) is 1.48. The summed E-state index contributed by atoms with van der Waals surface area (Å²) in [6, 6.07) is 14.0. The van der Waals surface area contributed by atoms with Gasteiger partial charge in [-0.2, -0.15) is 0 Å². The van der Waals surface area contributed by atoms with Crippen LogP contribution >= 0.6 is 15.9 Å². The van der Waals surface area contributed by atoms with Gasteiger partial charge in [0, 0.05) is 36.3 Å². The fraction of sp³-hybridized carbons (Fsp3) is 0.435. The smallest absolute Gasteiger partial charge is 0.233 e. The molecule has 0 aromatic heterocycles. The van der Waals surface area contributed by atoms with Crippen LogP contribution in [-0.2, 0) is 21.5 Å². The van der Waals surface area contributed by atoms with E-state index in [0.29, 0.717) is 52.4 Å². The third-order valence-corrected chi connectivity index (χ3v) is 6.36. The number of para-hydroxylation sites is 1. The molecule has 0 unspecified atom stereocenters. The molecule has 0 bridgehead atoms. The Labute approximate surface area is 180 Å². The Morgan fingerprint density at radius 3 is 2.48 bits per heavy atom. The van der Waals surface area contributed by atoms with Crippen LogP contribution in [0.15, 0.2) is 46.9 Å². The van der Waals surface area contributed by atoms with Crippen molar-refractivity contribution in [2.24, 2.45) is 0 Å². The predicted octanol–water partition coefficient (Wildman–Crippen LogP) is 4.32. The minimum atomic E-state index is -0.554. The number of nitrogens with zero attached hydrogens (tertiary/aromatic N) is 1. The van der Waals surface area contributed by atoms with E-state index in [-0.39, 0.29) is 5.91 Å². The van der Waals surface area contributed by atoms with Gasteiger partial charge in [-0.05, 0) is 43.5 Å². The van der Waals surface area contributed by atoms with Crippen molar-refractivity contribution in [1.82, 2.24) is 4.90 Å². The van der Waals surface area contributed by atoms with Crippen molar-refractivity contribution >= 4 is 21.8 Å². The summed E-state index contributed by atoms with van der Waals surface area (Å²) in [5, 5.41) is 0. The highest BCUT2D eigenvalue weighted by molar-refractivity contribution is 9.10. The SMILES string of the molecule is CCN(Cc1cccc2c1OCCO2)C(=O)C1(c2ccc(Br)cc2)CCOCC1. The van der Waals surface area contributed by atoms with Gasteiger partial charge in [-0.25, -0.2) is 0 Å². The Balaban J connectivity index is 1.65. The summed E-state index contributed by atoms with van der Waals surface area (Å²) in [4.78, 5) is 15.8. The quantitative estimate of drug-likeness (QED) is 0.667. The fourth-order valence-corrected chi connectivity index (χ4v) is 4.47. The number of ether oxygens (including phenoxy) is 3. The third-order valence-electron chi connectivity index (χ3n) is 5.83. The third kappa shape index (κ3) is 4.01. The van der Waals surface area contributed by atoms with Gasteiger partial charge in [0.05, 0.1) is 5.41 Å². The van der Waals surface area contributed by atoms with Crippen LogP contribution in [0.1, 0.15) is 30.9 Å². The summed E-state index contributed by atoms with van der Waals surface area (Å²) in [7, 11) is 0. The van der Waals surface area contributed by atoms with Gasteiger partial charge in [0.25, 0.3) is 0 Å². The molecule has 0 saturated carbocycles. The molecule has 6 heteroatoms. The van der Waals surface area contributed by atoms with Crippen LogP contribution in [0.4, 0.5) is 0 Å². The molecule has 2 heterocycles. The molecule has 0 spiro atoms. The van der Waals surface area contributed by atoms with E-state index in [4.69, 9.17) is 14.2 Å². The molecule has 5 nitrogen and oxygen atoms in total. The second-order valence-electron chi connectivity index (χ2n) is 7.46. The summed E-state index contributed by atoms with van der Waals surface area (Å²) >= 11 is 3.50. The second-order valence-corrected chi connectivity index (χ2v) is 8.38. The van der Waals surface area contributed by atoms with E-state index in [1.54, 1.807) is 0 Å². The van der Waals surface area contributed by atoms with Crippen LogP contribution in [0.3, 0.4) is 0 Å². The summed E-state index contributed by atoms with van der Waals surface area (Å²) < 4.78 is 18.2. The molecule has 29 heavy (non-hydrogen) atoms. The van der Waals surface area contributed by atoms with Gasteiger partial charge in [-0.3, -0.25) is 4.79 Å². The predicted molar refractivity (Wildman–Crippen MR) is 114 cm³/mol. The van der Waals surface area contributed by atoms with Crippen molar-refractivity contribution in [2.75, 3.05) is 33.0 Å². The molecule has 154 valence electrons. The lowest BCUT2D eigenvalue weighted by Crippen LogP contribution is -2.49. The molecule has 4 rings (SSSR count). The number of amides is 1. The van der Waals surface area contributed by atoms with Crippen molar-refractivity contribution in [3.05, 3.63) is 58.1 Å². The first-order valence-corrected chi connectivity index (χ1v) is 10.9. The first-order chi connectivity index (χ1) is 14.1. The minimum absolute atomic E-state index is 0.153. The van der Waals surface area contributed by atoms with Crippen molar-refractivity contribution in [3.8, 4) is 11.5 Å². The zero-order valence-corrected chi connectivity index (χ0v) is 18.2. The lowest BCUT2D eigenvalue weighted by molar-refractivity contribution is -0.141. The number of hydrogen-bond donors (Lipinski definition) is 0. The van der Waals surface area contributed by atoms with E-state index < -0.39 is 5.41 Å². The highest BCUT2D eigenvalue weighted by Gasteiger charge is 2.44. The number of carbonyl (C=O) groups excluding carboxylic acids is 1. The summed E-state index contributed by atoms with van der Waals surface area (Å²) in [5.74, 6) is 1.67. The van der Waals surface area contributed by atoms with Crippen LogP contribution in [0, 0.1) is 0 Å². The first kappa shape index (κ1) is 20.2. The van der Waals surface area contributed by atoms with Gasteiger partial charge in [-0.15, -0.1) is 0 Å². The Morgan fingerprint density at radius 2 is 1.76 bits per heavy atom. The second kappa shape index (κ2) is 8.76. The maximum atomic E-state index is 13.9. The van der Waals surface area contributed by atoms with Gasteiger partial charge in [0.1, 0.15) is 13.2 Å². The minimum Gasteiger partial charge on any atom is -0.486 e. The maximum absolute atomic E-state index is 13.9. The van der Waals surface area contributed by atoms with Gasteiger partial charge < -0.3 is 19.1 Å². The molecule has 2 aliphatic heterocycles. The average Bonchev–Trinajstić information content (AvgIpc) is 2.78. The number of carbonyl (C=O) groups is 1. The van der Waals surface area contributed by atoms with Crippen molar-refractivity contribution in [1.29, 1.82) is 0 Å². The molecule has 0 aliphatic carbocycles. The number of benzene rings is 2. The molecule has 2 aliphatic rings. The molecular formula is C23H26BrNO4. The van der Waals surface area contributed by atoms with E-state index in [2.05, 4.69) is 28.1 Å². The highest BCUT2D eigenvalue weighted by atomic mass is 79.9. The number of halogens is 1. The molecule has 1 saturated heterocycles. The van der Waals surface area contributed by atoms with Crippen molar-refractivity contribution in [2.45, 2.75) is 31.7 Å². The van der Waals surface area contributed by atoms with E-state index in [1.807, 2.05) is 42.2 Å². The van der Waals surface area contributed by atoms with Crippen molar-refractivity contribution in [3.63, 3.8) is 0 Å². The first-order valence-electron chi connectivity index (χ1n) is 10.1. The largest absolute Gasteiger partial charge is 0.486 e. The molecule has 0 radical (unpaired) electrons. The molecule has 1 fully saturated rings. The molecule has 2 aromatic rings. The Morgan fingerprint density at radius 1 is 1.03 bits per heavy atom. The Hall–Kier alpha value is -2.05. The zero-order chi connectivity index (χ0) is 20.3. The molecule has 0 N–H and O–H groups in total. The standard InChI is InChI=1S/C23H26BrNO4/c1-2-25(16-17-4-3-5-20-21(17)29-15-14-28-20)22(26)23(10-12-27-13-11-23)18-6-8-19(24)9-7-18/h3-9H,2,10-16H2,1H3. The molecular weight excluding hydrogens is 434 g/mol. The summed E-state index contributed by atoms with van der Waals surface area (Å²) in [6.07, 6.45) is 1.38.